The van der Waals surface area contributed by atoms with Crippen LogP contribution in [0.3, 0.4) is 0 Å². The third-order valence-electron chi connectivity index (χ3n) is 3.68. The molecule has 1 unspecified atom stereocenters. The summed E-state index contributed by atoms with van der Waals surface area (Å²) in [5.74, 6) is -0.102. The van der Waals surface area contributed by atoms with E-state index in [0.717, 1.165) is 24.1 Å². The first-order chi connectivity index (χ1) is 11.0. The quantitative estimate of drug-likeness (QED) is 0.817. The van der Waals surface area contributed by atoms with Crippen molar-refractivity contribution in [2.24, 2.45) is 0 Å². The van der Waals surface area contributed by atoms with Crippen molar-refractivity contribution >= 4 is 29.1 Å². The third-order valence-corrected chi connectivity index (χ3v) is 4.25. The third kappa shape index (κ3) is 4.71. The van der Waals surface area contributed by atoms with Crippen LogP contribution in [-0.2, 0) is 6.42 Å². The van der Waals surface area contributed by atoms with E-state index in [1.165, 1.54) is 0 Å². The van der Waals surface area contributed by atoms with E-state index in [9.17, 15) is 4.79 Å². The van der Waals surface area contributed by atoms with Gasteiger partial charge in [-0.3, -0.25) is 4.79 Å². The molecule has 5 heteroatoms. The normalized spacial score (nSPS) is 12.0. The summed E-state index contributed by atoms with van der Waals surface area (Å²) in [4.78, 5) is 12.6. The van der Waals surface area contributed by atoms with Gasteiger partial charge in [-0.1, -0.05) is 47.5 Å². The number of amides is 1. The molecule has 1 amide bonds. The van der Waals surface area contributed by atoms with Gasteiger partial charge < -0.3 is 10.6 Å². The van der Waals surface area contributed by atoms with Crippen LogP contribution in [0.2, 0.25) is 10.0 Å². The molecule has 3 nitrogen and oxygen atoms in total. The summed E-state index contributed by atoms with van der Waals surface area (Å²) >= 11 is 12.1. The fourth-order valence-corrected chi connectivity index (χ4v) is 3.00. The zero-order valence-electron chi connectivity index (χ0n) is 13.2. The van der Waals surface area contributed by atoms with Gasteiger partial charge in [0.2, 0.25) is 0 Å². The highest BCUT2D eigenvalue weighted by molar-refractivity contribution is 6.35. The fourth-order valence-electron chi connectivity index (χ4n) is 2.42. The van der Waals surface area contributed by atoms with Gasteiger partial charge in [0, 0.05) is 15.6 Å². The van der Waals surface area contributed by atoms with E-state index in [1.807, 2.05) is 44.3 Å². The van der Waals surface area contributed by atoms with Gasteiger partial charge >= 0.3 is 0 Å². The lowest BCUT2D eigenvalue weighted by Crippen LogP contribution is -2.28. The average Bonchev–Trinajstić information content (AvgIpc) is 2.52. The standard InChI is InChI=1S/C18H20Cl2N2O/c1-12(15-8-7-14(19)11-17(15)20)22-18(23)16-6-4-3-5-13(16)9-10-21-2/h3-8,11-12,21H,9-10H2,1-2H3,(H,22,23). The highest BCUT2D eigenvalue weighted by Gasteiger charge is 2.16. The van der Waals surface area contributed by atoms with Crippen LogP contribution >= 0.6 is 23.2 Å². The molecule has 0 saturated carbocycles. The lowest BCUT2D eigenvalue weighted by molar-refractivity contribution is 0.0939. The molecule has 0 aliphatic rings. The largest absolute Gasteiger partial charge is 0.345 e. The highest BCUT2D eigenvalue weighted by Crippen LogP contribution is 2.26. The van der Waals surface area contributed by atoms with E-state index in [1.54, 1.807) is 12.1 Å². The molecule has 2 aromatic carbocycles. The number of likely N-dealkylation sites (N-methyl/N-ethyl adjacent to an activating group) is 1. The molecule has 122 valence electrons. The summed E-state index contributed by atoms with van der Waals surface area (Å²) < 4.78 is 0. The highest BCUT2D eigenvalue weighted by atomic mass is 35.5. The number of carbonyl (C=O) groups is 1. The molecule has 0 fully saturated rings. The second-order valence-electron chi connectivity index (χ2n) is 5.37. The van der Waals surface area contributed by atoms with Crippen LogP contribution in [0.25, 0.3) is 0 Å². The van der Waals surface area contributed by atoms with Crippen molar-refractivity contribution in [2.45, 2.75) is 19.4 Å². The van der Waals surface area contributed by atoms with Gasteiger partial charge in [-0.25, -0.2) is 0 Å². The molecule has 0 aliphatic heterocycles. The molecule has 2 aromatic rings. The molecule has 0 heterocycles. The Morgan fingerprint density at radius 2 is 1.91 bits per heavy atom. The Morgan fingerprint density at radius 3 is 2.61 bits per heavy atom. The van der Waals surface area contributed by atoms with Gasteiger partial charge in [0.25, 0.3) is 5.91 Å². The fraction of sp³-hybridized carbons (Fsp3) is 0.278. The van der Waals surface area contributed by atoms with E-state index < -0.39 is 0 Å². The Labute approximate surface area is 147 Å². The van der Waals surface area contributed by atoms with Gasteiger partial charge in [0.1, 0.15) is 0 Å². The van der Waals surface area contributed by atoms with E-state index in [2.05, 4.69) is 10.6 Å². The van der Waals surface area contributed by atoms with Gasteiger partial charge in [0.05, 0.1) is 6.04 Å². The van der Waals surface area contributed by atoms with Crippen LogP contribution in [0.15, 0.2) is 42.5 Å². The van der Waals surface area contributed by atoms with Crippen molar-refractivity contribution in [1.82, 2.24) is 10.6 Å². The van der Waals surface area contributed by atoms with Crippen LogP contribution in [0.4, 0.5) is 0 Å². The Kier molecular flexibility index (Phi) is 6.46. The molecular formula is C18H20Cl2N2O. The second-order valence-corrected chi connectivity index (χ2v) is 6.22. The van der Waals surface area contributed by atoms with Crippen LogP contribution in [-0.4, -0.2) is 19.5 Å². The van der Waals surface area contributed by atoms with Crippen molar-refractivity contribution in [2.75, 3.05) is 13.6 Å². The number of hydrogen-bond donors (Lipinski definition) is 2. The molecular weight excluding hydrogens is 331 g/mol. The summed E-state index contributed by atoms with van der Waals surface area (Å²) in [5, 5.41) is 7.23. The second kappa shape index (κ2) is 8.34. The maximum Gasteiger partial charge on any atom is 0.252 e. The first-order valence-corrected chi connectivity index (χ1v) is 8.27. The molecule has 23 heavy (non-hydrogen) atoms. The maximum atomic E-state index is 12.6. The summed E-state index contributed by atoms with van der Waals surface area (Å²) in [6.45, 7) is 2.73. The summed E-state index contributed by atoms with van der Waals surface area (Å²) in [5.41, 5.74) is 2.56. The summed E-state index contributed by atoms with van der Waals surface area (Å²) in [6, 6.07) is 12.7. The Balaban J connectivity index is 2.15. The first-order valence-electron chi connectivity index (χ1n) is 7.51. The lowest BCUT2D eigenvalue weighted by Gasteiger charge is -2.17. The van der Waals surface area contributed by atoms with Gasteiger partial charge in [0.15, 0.2) is 0 Å². The van der Waals surface area contributed by atoms with E-state index in [4.69, 9.17) is 23.2 Å². The number of benzene rings is 2. The number of nitrogens with one attached hydrogen (secondary N) is 2. The topological polar surface area (TPSA) is 41.1 Å². The zero-order chi connectivity index (χ0) is 16.8. The minimum Gasteiger partial charge on any atom is -0.345 e. The van der Waals surface area contributed by atoms with Crippen molar-refractivity contribution in [3.8, 4) is 0 Å². The van der Waals surface area contributed by atoms with Gasteiger partial charge in [-0.15, -0.1) is 0 Å². The summed E-state index contributed by atoms with van der Waals surface area (Å²) in [7, 11) is 1.90. The van der Waals surface area contributed by atoms with Crippen LogP contribution in [0.1, 0.15) is 34.5 Å². The van der Waals surface area contributed by atoms with Gasteiger partial charge in [-0.05, 0) is 56.3 Å². The van der Waals surface area contributed by atoms with Crippen LogP contribution < -0.4 is 10.6 Å². The maximum absolute atomic E-state index is 12.6. The zero-order valence-corrected chi connectivity index (χ0v) is 14.7. The van der Waals surface area contributed by atoms with E-state index >= 15 is 0 Å². The molecule has 2 rings (SSSR count). The molecule has 2 N–H and O–H groups in total. The Hall–Kier alpha value is -1.55. The van der Waals surface area contributed by atoms with Crippen LogP contribution in [0.5, 0.6) is 0 Å². The number of rotatable bonds is 6. The van der Waals surface area contributed by atoms with Gasteiger partial charge in [-0.2, -0.15) is 0 Å². The Morgan fingerprint density at radius 1 is 1.17 bits per heavy atom. The minimum absolute atomic E-state index is 0.102. The first kappa shape index (κ1) is 17.8. The SMILES string of the molecule is CNCCc1ccccc1C(=O)NC(C)c1ccc(Cl)cc1Cl. The monoisotopic (exact) mass is 350 g/mol. The predicted molar refractivity (Wildman–Crippen MR) is 96.4 cm³/mol. The number of hydrogen-bond acceptors (Lipinski definition) is 2. The van der Waals surface area contributed by atoms with Crippen molar-refractivity contribution in [1.29, 1.82) is 0 Å². The van der Waals surface area contributed by atoms with E-state index in [-0.39, 0.29) is 11.9 Å². The molecule has 0 aliphatic carbocycles. The molecule has 0 aromatic heterocycles. The minimum atomic E-state index is -0.204. The molecule has 0 saturated heterocycles. The summed E-state index contributed by atoms with van der Waals surface area (Å²) in [6.07, 6.45) is 0.802. The smallest absolute Gasteiger partial charge is 0.252 e. The van der Waals surface area contributed by atoms with Crippen molar-refractivity contribution in [3.63, 3.8) is 0 Å². The number of halogens is 2. The molecule has 0 radical (unpaired) electrons. The molecule has 0 spiro atoms. The average molecular weight is 351 g/mol. The van der Waals surface area contributed by atoms with E-state index in [0.29, 0.717) is 15.6 Å². The Bertz CT molecular complexity index is 688. The molecule has 1 atom stereocenters. The van der Waals surface area contributed by atoms with Crippen LogP contribution in [0, 0.1) is 0 Å². The van der Waals surface area contributed by atoms with Crippen molar-refractivity contribution in [3.05, 3.63) is 69.2 Å². The lowest BCUT2D eigenvalue weighted by atomic mass is 10.0. The molecule has 0 bridgehead atoms. The van der Waals surface area contributed by atoms with Crippen molar-refractivity contribution < 1.29 is 4.79 Å². The predicted octanol–water partition coefficient (Wildman–Crippen LogP) is 4.25. The number of carbonyl (C=O) groups excluding carboxylic acids is 1.